The predicted octanol–water partition coefficient (Wildman–Crippen LogP) is 3.52. The van der Waals surface area contributed by atoms with Crippen molar-refractivity contribution < 1.29 is 14.3 Å². The van der Waals surface area contributed by atoms with E-state index in [1.807, 2.05) is 24.3 Å². The molecule has 0 radical (unpaired) electrons. The summed E-state index contributed by atoms with van der Waals surface area (Å²) >= 11 is 0. The Labute approximate surface area is 160 Å². The summed E-state index contributed by atoms with van der Waals surface area (Å²) in [4.78, 5) is 25.9. The number of benzene rings is 1. The zero-order valence-corrected chi connectivity index (χ0v) is 16.1. The number of aryl methyl sites for hydroxylation is 1. The van der Waals surface area contributed by atoms with Crippen molar-refractivity contribution in [1.29, 1.82) is 0 Å². The molecule has 1 aromatic heterocycles. The Hall–Kier alpha value is -2.82. The van der Waals surface area contributed by atoms with Crippen LogP contribution in [0.5, 0.6) is 0 Å². The van der Waals surface area contributed by atoms with Gasteiger partial charge < -0.3 is 14.2 Å². The molecule has 0 unspecified atom stereocenters. The smallest absolute Gasteiger partial charge is 0.308 e. The highest BCUT2D eigenvalue weighted by molar-refractivity contribution is 5.92. The van der Waals surface area contributed by atoms with Crippen molar-refractivity contribution in [2.45, 2.75) is 26.7 Å². The van der Waals surface area contributed by atoms with Crippen LogP contribution in [0.4, 0.5) is 0 Å². The van der Waals surface area contributed by atoms with Crippen LogP contribution in [-0.4, -0.2) is 41.5 Å². The fourth-order valence-corrected chi connectivity index (χ4v) is 3.70. The number of rotatable bonds is 4. The maximum atomic E-state index is 12.5. The number of methoxy groups -OCH3 is 1. The van der Waals surface area contributed by atoms with E-state index in [0.717, 1.165) is 22.6 Å². The second-order valence-corrected chi connectivity index (χ2v) is 6.95. The van der Waals surface area contributed by atoms with Crippen LogP contribution in [0, 0.1) is 19.8 Å². The van der Waals surface area contributed by atoms with E-state index in [4.69, 9.17) is 4.74 Å². The van der Waals surface area contributed by atoms with Crippen LogP contribution in [0.3, 0.4) is 0 Å². The quantitative estimate of drug-likeness (QED) is 0.614. The first-order valence-corrected chi connectivity index (χ1v) is 9.30. The number of likely N-dealkylation sites (tertiary alicyclic amines) is 1. The fraction of sp³-hybridized carbons (Fsp3) is 0.364. The van der Waals surface area contributed by atoms with Crippen molar-refractivity contribution in [3.8, 4) is 5.69 Å². The molecule has 0 atom stereocenters. The summed E-state index contributed by atoms with van der Waals surface area (Å²) in [6.07, 6.45) is 4.84. The molecule has 1 aliphatic heterocycles. The predicted molar refractivity (Wildman–Crippen MR) is 106 cm³/mol. The standard InChI is InChI=1S/C22H26N2O3/c1-16-15-19(17(2)24(16)20-7-5-4-6-8-20)9-10-21(25)23-13-11-18(12-14-23)22(26)27-3/h4-10,15,18H,11-14H2,1-3H3/b10-9+. The lowest BCUT2D eigenvalue weighted by Crippen LogP contribution is -2.39. The molecule has 5 nitrogen and oxygen atoms in total. The van der Waals surface area contributed by atoms with Gasteiger partial charge in [0.05, 0.1) is 13.0 Å². The number of piperidine rings is 1. The van der Waals surface area contributed by atoms with Gasteiger partial charge in [0.15, 0.2) is 0 Å². The molecule has 2 heterocycles. The third kappa shape index (κ3) is 4.13. The molecule has 0 bridgehead atoms. The zero-order chi connectivity index (χ0) is 19.4. The van der Waals surface area contributed by atoms with Crippen molar-refractivity contribution in [2.75, 3.05) is 20.2 Å². The molecule has 1 amide bonds. The SMILES string of the molecule is COC(=O)C1CCN(C(=O)/C=C/c2cc(C)n(-c3ccccc3)c2C)CC1. The number of aromatic nitrogens is 1. The van der Waals surface area contributed by atoms with Crippen LogP contribution < -0.4 is 0 Å². The highest BCUT2D eigenvalue weighted by Crippen LogP contribution is 2.22. The van der Waals surface area contributed by atoms with E-state index in [2.05, 4.69) is 36.6 Å². The van der Waals surface area contributed by atoms with Crippen molar-refractivity contribution in [2.24, 2.45) is 5.92 Å². The number of amides is 1. The molecular weight excluding hydrogens is 340 g/mol. The second-order valence-electron chi connectivity index (χ2n) is 6.95. The first kappa shape index (κ1) is 19.0. The second kappa shape index (κ2) is 8.25. The van der Waals surface area contributed by atoms with Gasteiger partial charge in [-0.15, -0.1) is 0 Å². The summed E-state index contributed by atoms with van der Waals surface area (Å²) in [5.41, 5.74) is 4.38. The van der Waals surface area contributed by atoms with Gasteiger partial charge in [-0.05, 0) is 56.5 Å². The van der Waals surface area contributed by atoms with E-state index in [0.29, 0.717) is 25.9 Å². The molecule has 0 N–H and O–H groups in total. The molecule has 1 saturated heterocycles. The van der Waals surface area contributed by atoms with Gasteiger partial charge >= 0.3 is 5.97 Å². The van der Waals surface area contributed by atoms with E-state index >= 15 is 0 Å². The number of hydrogen-bond donors (Lipinski definition) is 0. The van der Waals surface area contributed by atoms with Crippen molar-refractivity contribution in [3.05, 3.63) is 59.4 Å². The van der Waals surface area contributed by atoms with Gasteiger partial charge in [-0.1, -0.05) is 18.2 Å². The van der Waals surface area contributed by atoms with Gasteiger partial charge in [0.1, 0.15) is 0 Å². The van der Waals surface area contributed by atoms with Gasteiger partial charge in [-0.25, -0.2) is 0 Å². The summed E-state index contributed by atoms with van der Waals surface area (Å²) in [6, 6.07) is 12.3. The molecule has 0 aliphatic carbocycles. The molecular formula is C22H26N2O3. The average molecular weight is 366 g/mol. The monoisotopic (exact) mass is 366 g/mol. The summed E-state index contributed by atoms with van der Waals surface area (Å²) in [5.74, 6) is -0.276. The third-order valence-electron chi connectivity index (χ3n) is 5.23. The number of para-hydroxylation sites is 1. The number of carbonyl (C=O) groups is 2. The molecule has 0 saturated carbocycles. The lowest BCUT2D eigenvalue weighted by molar-refractivity contribution is -0.148. The minimum absolute atomic E-state index is 0.0113. The zero-order valence-electron chi connectivity index (χ0n) is 16.1. The summed E-state index contributed by atoms with van der Waals surface area (Å²) in [7, 11) is 1.41. The van der Waals surface area contributed by atoms with Crippen LogP contribution in [0.1, 0.15) is 29.8 Å². The highest BCUT2D eigenvalue weighted by Gasteiger charge is 2.27. The first-order chi connectivity index (χ1) is 13.0. The van der Waals surface area contributed by atoms with E-state index in [1.54, 1.807) is 11.0 Å². The molecule has 1 aliphatic rings. The summed E-state index contributed by atoms with van der Waals surface area (Å²) < 4.78 is 6.98. The maximum absolute atomic E-state index is 12.5. The average Bonchev–Trinajstić information content (AvgIpc) is 2.99. The van der Waals surface area contributed by atoms with Crippen LogP contribution in [0.25, 0.3) is 11.8 Å². The van der Waals surface area contributed by atoms with Gasteiger partial charge in [0.2, 0.25) is 5.91 Å². The van der Waals surface area contributed by atoms with Gasteiger partial charge in [0.25, 0.3) is 0 Å². The van der Waals surface area contributed by atoms with E-state index in [-0.39, 0.29) is 17.8 Å². The Balaban J connectivity index is 1.68. The lowest BCUT2D eigenvalue weighted by Gasteiger charge is -2.29. The number of esters is 1. The van der Waals surface area contributed by atoms with Crippen molar-refractivity contribution in [1.82, 2.24) is 9.47 Å². The van der Waals surface area contributed by atoms with Gasteiger partial charge in [0, 0.05) is 36.2 Å². The number of nitrogens with zero attached hydrogens (tertiary/aromatic N) is 2. The lowest BCUT2D eigenvalue weighted by atomic mass is 9.97. The van der Waals surface area contributed by atoms with Crippen LogP contribution in [-0.2, 0) is 14.3 Å². The summed E-state index contributed by atoms with van der Waals surface area (Å²) in [6.45, 7) is 5.31. The van der Waals surface area contributed by atoms with Crippen molar-refractivity contribution >= 4 is 18.0 Å². The van der Waals surface area contributed by atoms with Crippen LogP contribution in [0.2, 0.25) is 0 Å². The van der Waals surface area contributed by atoms with Gasteiger partial charge in [-0.3, -0.25) is 9.59 Å². The Bertz CT molecular complexity index is 844. The normalized spacial score (nSPS) is 15.3. The molecule has 2 aromatic rings. The maximum Gasteiger partial charge on any atom is 0.308 e. The third-order valence-corrected chi connectivity index (χ3v) is 5.23. The Kier molecular flexibility index (Phi) is 5.79. The molecule has 142 valence electrons. The number of carbonyl (C=O) groups excluding carboxylic acids is 2. The first-order valence-electron chi connectivity index (χ1n) is 9.30. The van der Waals surface area contributed by atoms with E-state index in [1.165, 1.54) is 7.11 Å². The van der Waals surface area contributed by atoms with Crippen LogP contribution in [0.15, 0.2) is 42.5 Å². The largest absolute Gasteiger partial charge is 0.469 e. The Morgan fingerprint density at radius 1 is 1.11 bits per heavy atom. The molecule has 5 heteroatoms. The molecule has 1 fully saturated rings. The van der Waals surface area contributed by atoms with Crippen LogP contribution >= 0.6 is 0 Å². The number of hydrogen-bond acceptors (Lipinski definition) is 3. The van der Waals surface area contributed by atoms with Crippen molar-refractivity contribution in [3.63, 3.8) is 0 Å². The molecule has 1 aromatic carbocycles. The minimum Gasteiger partial charge on any atom is -0.469 e. The van der Waals surface area contributed by atoms with Gasteiger partial charge in [-0.2, -0.15) is 0 Å². The Morgan fingerprint density at radius 3 is 2.41 bits per heavy atom. The van der Waals surface area contributed by atoms with E-state index in [9.17, 15) is 9.59 Å². The highest BCUT2D eigenvalue weighted by atomic mass is 16.5. The Morgan fingerprint density at radius 2 is 1.78 bits per heavy atom. The minimum atomic E-state index is -0.175. The fourth-order valence-electron chi connectivity index (χ4n) is 3.70. The van der Waals surface area contributed by atoms with E-state index < -0.39 is 0 Å². The summed E-state index contributed by atoms with van der Waals surface area (Å²) in [5, 5.41) is 0. The number of ether oxygens (including phenoxy) is 1. The topological polar surface area (TPSA) is 51.5 Å². The molecule has 0 spiro atoms. The molecule has 3 rings (SSSR count). The molecule has 27 heavy (non-hydrogen) atoms.